The molecule has 0 unspecified atom stereocenters. The van der Waals surface area contributed by atoms with Crippen molar-refractivity contribution in [1.82, 2.24) is 9.88 Å². The molecule has 1 N–H and O–H groups in total. The van der Waals surface area contributed by atoms with E-state index in [0.29, 0.717) is 0 Å². The Balaban J connectivity index is 1.96. The van der Waals surface area contributed by atoms with E-state index in [1.54, 1.807) is 13.1 Å². The number of aromatic nitrogens is 1. The van der Waals surface area contributed by atoms with Gasteiger partial charge in [0.2, 0.25) is 0 Å². The summed E-state index contributed by atoms with van der Waals surface area (Å²) in [5, 5.41) is 9.63. The van der Waals surface area contributed by atoms with E-state index >= 15 is 0 Å². The second-order valence-electron chi connectivity index (χ2n) is 5.80. The van der Waals surface area contributed by atoms with Gasteiger partial charge in [0.15, 0.2) is 0 Å². The summed E-state index contributed by atoms with van der Waals surface area (Å²) in [5.74, 6) is 1.71. The summed E-state index contributed by atoms with van der Waals surface area (Å²) in [4.78, 5) is 9.25. The molecule has 1 aromatic rings. The van der Waals surface area contributed by atoms with Crippen LogP contribution in [0.5, 0.6) is 0 Å². The average Bonchev–Trinajstić information content (AvgIpc) is 2.39. The van der Waals surface area contributed by atoms with Crippen LogP contribution in [0.25, 0.3) is 0 Å². The lowest BCUT2D eigenvalue weighted by Crippen LogP contribution is -2.47. The summed E-state index contributed by atoms with van der Waals surface area (Å²) >= 11 is 0. The molecule has 4 heteroatoms. The van der Waals surface area contributed by atoms with E-state index in [-0.39, 0.29) is 0 Å². The molecule has 106 valence electrons. The second kappa shape index (κ2) is 6.35. The predicted octanol–water partition coefficient (Wildman–Crippen LogP) is 1.91. The number of rotatable bonds is 4. The first kappa shape index (κ1) is 14.3. The van der Waals surface area contributed by atoms with Gasteiger partial charge in [0.05, 0.1) is 6.10 Å². The molecule has 0 amide bonds. The molecular weight excluding hydrogens is 238 g/mol. The summed E-state index contributed by atoms with van der Waals surface area (Å²) in [6.07, 6.45) is 1.36. The van der Waals surface area contributed by atoms with Gasteiger partial charge in [-0.05, 0) is 30.5 Å². The van der Waals surface area contributed by atoms with E-state index < -0.39 is 6.10 Å². The van der Waals surface area contributed by atoms with Crippen molar-refractivity contribution in [3.63, 3.8) is 0 Å². The van der Waals surface area contributed by atoms with Crippen molar-refractivity contribution in [1.29, 1.82) is 0 Å². The van der Waals surface area contributed by atoms with Crippen molar-refractivity contribution >= 4 is 5.82 Å². The minimum Gasteiger partial charge on any atom is -0.389 e. The first-order chi connectivity index (χ1) is 9.06. The first-order valence-corrected chi connectivity index (χ1v) is 7.17. The minimum absolute atomic E-state index is 0.427. The summed E-state index contributed by atoms with van der Waals surface area (Å²) < 4.78 is 0. The maximum atomic E-state index is 9.63. The molecule has 1 saturated heterocycles. The average molecular weight is 263 g/mol. The SMILES string of the molecule is CC(C)CN1CCN(c2cc([C@H](C)O)ccn2)CC1. The second-order valence-corrected chi connectivity index (χ2v) is 5.80. The van der Waals surface area contributed by atoms with Gasteiger partial charge in [0, 0.05) is 38.9 Å². The van der Waals surface area contributed by atoms with Crippen LogP contribution in [0, 0.1) is 5.92 Å². The molecule has 0 aromatic carbocycles. The third-order valence-corrected chi connectivity index (χ3v) is 3.57. The fraction of sp³-hybridized carbons (Fsp3) is 0.667. The first-order valence-electron chi connectivity index (χ1n) is 7.17. The van der Waals surface area contributed by atoms with Crippen LogP contribution in [-0.4, -0.2) is 47.7 Å². The van der Waals surface area contributed by atoms with Gasteiger partial charge in [-0.3, -0.25) is 4.90 Å². The number of nitrogens with zero attached hydrogens (tertiary/aromatic N) is 3. The Hall–Kier alpha value is -1.13. The molecule has 2 rings (SSSR count). The molecule has 1 aromatic heterocycles. The fourth-order valence-corrected chi connectivity index (χ4v) is 2.54. The number of aliphatic hydroxyl groups excluding tert-OH is 1. The Labute approximate surface area is 116 Å². The third kappa shape index (κ3) is 3.91. The van der Waals surface area contributed by atoms with Gasteiger partial charge in [0.1, 0.15) is 5.82 Å². The topological polar surface area (TPSA) is 39.6 Å². The van der Waals surface area contributed by atoms with E-state index in [1.165, 1.54) is 6.54 Å². The Morgan fingerprint density at radius 1 is 1.21 bits per heavy atom. The van der Waals surface area contributed by atoms with Gasteiger partial charge in [-0.1, -0.05) is 13.8 Å². The quantitative estimate of drug-likeness (QED) is 0.901. The number of pyridine rings is 1. The van der Waals surface area contributed by atoms with Gasteiger partial charge in [-0.2, -0.15) is 0 Å². The lowest BCUT2D eigenvalue weighted by Gasteiger charge is -2.36. The van der Waals surface area contributed by atoms with Crippen LogP contribution < -0.4 is 4.90 Å². The van der Waals surface area contributed by atoms with Crippen molar-refractivity contribution in [2.75, 3.05) is 37.6 Å². The van der Waals surface area contributed by atoms with Gasteiger partial charge >= 0.3 is 0 Å². The molecule has 1 aliphatic rings. The molecule has 0 spiro atoms. The fourth-order valence-electron chi connectivity index (χ4n) is 2.54. The van der Waals surface area contributed by atoms with Gasteiger partial charge in [-0.15, -0.1) is 0 Å². The molecular formula is C15H25N3O. The number of anilines is 1. The Morgan fingerprint density at radius 3 is 2.47 bits per heavy atom. The zero-order chi connectivity index (χ0) is 13.8. The van der Waals surface area contributed by atoms with E-state index in [9.17, 15) is 5.11 Å². The summed E-state index contributed by atoms with van der Waals surface area (Å²) in [6, 6.07) is 3.88. The highest BCUT2D eigenvalue weighted by atomic mass is 16.3. The third-order valence-electron chi connectivity index (χ3n) is 3.57. The van der Waals surface area contributed by atoms with E-state index in [0.717, 1.165) is 43.5 Å². The zero-order valence-electron chi connectivity index (χ0n) is 12.2. The molecule has 1 fully saturated rings. The lowest BCUT2D eigenvalue weighted by atomic mass is 10.1. The van der Waals surface area contributed by atoms with E-state index in [2.05, 4.69) is 28.6 Å². The molecule has 4 nitrogen and oxygen atoms in total. The molecule has 0 aliphatic carbocycles. The molecule has 0 saturated carbocycles. The molecule has 19 heavy (non-hydrogen) atoms. The van der Waals surface area contributed by atoms with Gasteiger partial charge in [-0.25, -0.2) is 4.98 Å². The van der Waals surface area contributed by atoms with Crippen LogP contribution >= 0.6 is 0 Å². The molecule has 1 atom stereocenters. The van der Waals surface area contributed by atoms with Gasteiger partial charge in [0.25, 0.3) is 0 Å². The maximum Gasteiger partial charge on any atom is 0.128 e. The van der Waals surface area contributed by atoms with E-state index in [1.807, 2.05) is 12.1 Å². The van der Waals surface area contributed by atoms with Crippen LogP contribution in [0.15, 0.2) is 18.3 Å². The predicted molar refractivity (Wildman–Crippen MR) is 78.4 cm³/mol. The number of hydrogen-bond donors (Lipinski definition) is 1. The largest absolute Gasteiger partial charge is 0.389 e. The van der Waals surface area contributed by atoms with Crippen molar-refractivity contribution in [3.8, 4) is 0 Å². The molecule has 0 radical (unpaired) electrons. The van der Waals surface area contributed by atoms with E-state index in [4.69, 9.17) is 0 Å². The Bertz CT molecular complexity index is 398. The lowest BCUT2D eigenvalue weighted by molar-refractivity contribution is 0.199. The van der Waals surface area contributed by atoms with Crippen molar-refractivity contribution < 1.29 is 5.11 Å². The molecule has 0 bridgehead atoms. The van der Waals surface area contributed by atoms with Crippen molar-refractivity contribution in [2.45, 2.75) is 26.9 Å². The zero-order valence-corrected chi connectivity index (χ0v) is 12.2. The standard InChI is InChI=1S/C15H25N3O/c1-12(2)11-17-6-8-18(9-7-17)15-10-14(13(3)19)4-5-16-15/h4-5,10,12-13,19H,6-9,11H2,1-3H3/t13-/m0/s1. The smallest absolute Gasteiger partial charge is 0.128 e. The van der Waals surface area contributed by atoms with Crippen molar-refractivity contribution in [3.05, 3.63) is 23.9 Å². The maximum absolute atomic E-state index is 9.63. The summed E-state index contributed by atoms with van der Waals surface area (Å²) in [5.41, 5.74) is 0.939. The molecule has 2 heterocycles. The summed E-state index contributed by atoms with van der Waals surface area (Å²) in [6.45, 7) is 11.7. The Kier molecular flexibility index (Phi) is 4.77. The van der Waals surface area contributed by atoms with Crippen molar-refractivity contribution in [2.24, 2.45) is 5.92 Å². The van der Waals surface area contributed by atoms with Crippen LogP contribution in [0.4, 0.5) is 5.82 Å². The number of aliphatic hydroxyl groups is 1. The van der Waals surface area contributed by atoms with Crippen LogP contribution in [-0.2, 0) is 0 Å². The monoisotopic (exact) mass is 263 g/mol. The highest BCUT2D eigenvalue weighted by Crippen LogP contribution is 2.19. The minimum atomic E-state index is -0.427. The number of piperazine rings is 1. The van der Waals surface area contributed by atoms with Crippen LogP contribution in [0.3, 0.4) is 0 Å². The van der Waals surface area contributed by atoms with Gasteiger partial charge < -0.3 is 10.0 Å². The van der Waals surface area contributed by atoms with Crippen LogP contribution in [0.2, 0.25) is 0 Å². The van der Waals surface area contributed by atoms with Crippen LogP contribution in [0.1, 0.15) is 32.4 Å². The number of hydrogen-bond acceptors (Lipinski definition) is 4. The summed E-state index contributed by atoms with van der Waals surface area (Å²) in [7, 11) is 0. The Morgan fingerprint density at radius 2 is 1.89 bits per heavy atom. The molecule has 1 aliphatic heterocycles. The highest BCUT2D eigenvalue weighted by Gasteiger charge is 2.18. The highest BCUT2D eigenvalue weighted by molar-refractivity contribution is 5.42. The normalized spacial score (nSPS) is 18.9.